The molecular weight excluding hydrogens is 314 g/mol. The Kier molecular flexibility index (Phi) is 6.11. The van der Waals surface area contributed by atoms with Crippen molar-refractivity contribution in [3.8, 4) is 10.6 Å². The zero-order chi connectivity index (χ0) is 16.1. The average Bonchev–Trinajstić information content (AvgIpc) is 3.14. The lowest BCUT2D eigenvalue weighted by Gasteiger charge is -2.17. The summed E-state index contributed by atoms with van der Waals surface area (Å²) in [6.45, 7) is 6.69. The molecule has 2 rings (SSSR count). The molecule has 2 aromatic rings. The van der Waals surface area contributed by atoms with Crippen LogP contribution in [0.3, 0.4) is 0 Å². The molecule has 0 aromatic carbocycles. The summed E-state index contributed by atoms with van der Waals surface area (Å²) in [7, 11) is 0. The minimum Gasteiger partial charge on any atom is -0.354 e. The predicted molar refractivity (Wildman–Crippen MR) is 94.3 cm³/mol. The third-order valence-electron chi connectivity index (χ3n) is 3.76. The van der Waals surface area contributed by atoms with Crippen molar-refractivity contribution in [1.82, 2.24) is 10.3 Å². The van der Waals surface area contributed by atoms with Gasteiger partial charge in [-0.25, -0.2) is 4.98 Å². The number of thiazole rings is 1. The minimum atomic E-state index is -0.415. The third kappa shape index (κ3) is 4.38. The molecule has 0 bridgehead atoms. The number of carbonyl (C=O) groups excluding carboxylic acids is 1. The largest absolute Gasteiger partial charge is 0.354 e. The molecule has 0 fully saturated rings. The number of carbonyl (C=O) groups is 1. The second-order valence-electron chi connectivity index (χ2n) is 5.47. The Morgan fingerprint density at radius 1 is 1.45 bits per heavy atom. The Labute approximate surface area is 139 Å². The summed E-state index contributed by atoms with van der Waals surface area (Å²) in [5.41, 5.74) is 6.96. The predicted octanol–water partition coefficient (Wildman–Crippen LogP) is 3.21. The van der Waals surface area contributed by atoms with Crippen LogP contribution >= 0.6 is 22.7 Å². The zero-order valence-corrected chi connectivity index (χ0v) is 14.9. The summed E-state index contributed by atoms with van der Waals surface area (Å²) in [6.07, 6.45) is 1.74. The summed E-state index contributed by atoms with van der Waals surface area (Å²) >= 11 is 3.39. The standard InChI is InChI=1S/C16H23N3OS2/c1-4-10(2)15(17)16(20)18-8-7-12-5-6-14(22-12)13-9-21-11(3)19-13/h5-6,9-10,15H,4,7-8,17H2,1-3H3,(H,18,20). The summed E-state index contributed by atoms with van der Waals surface area (Å²) in [5, 5.41) is 6.09. The van der Waals surface area contributed by atoms with E-state index in [1.165, 1.54) is 9.75 Å². The Hall–Kier alpha value is -1.24. The van der Waals surface area contributed by atoms with Crippen LogP contribution in [0, 0.1) is 12.8 Å². The van der Waals surface area contributed by atoms with E-state index in [4.69, 9.17) is 5.73 Å². The van der Waals surface area contributed by atoms with E-state index in [-0.39, 0.29) is 11.8 Å². The molecule has 0 saturated heterocycles. The molecule has 2 heterocycles. The Morgan fingerprint density at radius 2 is 2.23 bits per heavy atom. The molecule has 6 heteroatoms. The molecule has 0 aliphatic rings. The van der Waals surface area contributed by atoms with E-state index in [0.29, 0.717) is 6.54 Å². The first-order valence-electron chi connectivity index (χ1n) is 7.55. The second kappa shape index (κ2) is 7.85. The number of thiophene rings is 1. The maximum atomic E-state index is 11.9. The Bertz CT molecular complexity index is 620. The lowest BCUT2D eigenvalue weighted by atomic mass is 9.99. The van der Waals surface area contributed by atoms with E-state index in [1.54, 1.807) is 22.7 Å². The van der Waals surface area contributed by atoms with Crippen molar-refractivity contribution in [1.29, 1.82) is 0 Å². The van der Waals surface area contributed by atoms with Gasteiger partial charge < -0.3 is 11.1 Å². The van der Waals surface area contributed by atoms with Crippen LogP contribution in [0.5, 0.6) is 0 Å². The molecule has 22 heavy (non-hydrogen) atoms. The van der Waals surface area contributed by atoms with Gasteiger partial charge in [0.15, 0.2) is 0 Å². The first-order valence-corrected chi connectivity index (χ1v) is 9.25. The highest BCUT2D eigenvalue weighted by atomic mass is 32.1. The highest BCUT2D eigenvalue weighted by Crippen LogP contribution is 2.29. The van der Waals surface area contributed by atoms with E-state index in [1.807, 2.05) is 20.8 Å². The summed E-state index contributed by atoms with van der Waals surface area (Å²) in [5.74, 6) is 0.155. The van der Waals surface area contributed by atoms with Crippen LogP contribution < -0.4 is 11.1 Å². The van der Waals surface area contributed by atoms with Crippen molar-refractivity contribution in [3.05, 3.63) is 27.4 Å². The summed E-state index contributed by atoms with van der Waals surface area (Å²) in [4.78, 5) is 18.8. The molecule has 4 nitrogen and oxygen atoms in total. The number of rotatable bonds is 7. The van der Waals surface area contributed by atoms with Crippen LogP contribution in [0.2, 0.25) is 0 Å². The van der Waals surface area contributed by atoms with Gasteiger partial charge in [-0.2, -0.15) is 0 Å². The first kappa shape index (κ1) is 17.1. The quantitative estimate of drug-likeness (QED) is 0.815. The van der Waals surface area contributed by atoms with E-state index in [2.05, 4.69) is 27.8 Å². The minimum absolute atomic E-state index is 0.0544. The molecule has 2 aromatic heterocycles. The van der Waals surface area contributed by atoms with Gasteiger partial charge in [-0.3, -0.25) is 4.79 Å². The van der Waals surface area contributed by atoms with E-state index < -0.39 is 6.04 Å². The number of aryl methyl sites for hydroxylation is 1. The maximum Gasteiger partial charge on any atom is 0.237 e. The molecule has 0 saturated carbocycles. The molecule has 3 N–H and O–H groups in total. The van der Waals surface area contributed by atoms with E-state index in [0.717, 1.165) is 23.5 Å². The molecule has 0 radical (unpaired) electrons. The lowest BCUT2D eigenvalue weighted by molar-refractivity contribution is -0.123. The fourth-order valence-electron chi connectivity index (χ4n) is 2.07. The highest BCUT2D eigenvalue weighted by Gasteiger charge is 2.18. The van der Waals surface area contributed by atoms with Gasteiger partial charge >= 0.3 is 0 Å². The lowest BCUT2D eigenvalue weighted by Crippen LogP contribution is -2.45. The fraction of sp³-hybridized carbons (Fsp3) is 0.500. The van der Waals surface area contributed by atoms with Crippen molar-refractivity contribution in [2.75, 3.05) is 6.54 Å². The molecule has 0 spiro atoms. The number of nitrogens with one attached hydrogen (secondary N) is 1. The van der Waals surface area contributed by atoms with Crippen molar-refractivity contribution in [3.63, 3.8) is 0 Å². The fourth-order valence-corrected chi connectivity index (χ4v) is 3.72. The molecular formula is C16H23N3OS2. The molecule has 120 valence electrons. The van der Waals surface area contributed by atoms with Gasteiger partial charge in [0.1, 0.15) is 0 Å². The number of amides is 1. The zero-order valence-electron chi connectivity index (χ0n) is 13.3. The van der Waals surface area contributed by atoms with Crippen molar-refractivity contribution in [2.45, 2.75) is 39.7 Å². The third-order valence-corrected chi connectivity index (χ3v) is 5.70. The average molecular weight is 338 g/mol. The summed E-state index contributed by atoms with van der Waals surface area (Å²) < 4.78 is 0. The van der Waals surface area contributed by atoms with Gasteiger partial charge in [0.25, 0.3) is 0 Å². The molecule has 0 aliphatic carbocycles. The van der Waals surface area contributed by atoms with Gasteiger partial charge in [0.05, 0.1) is 21.6 Å². The molecule has 2 unspecified atom stereocenters. The Morgan fingerprint density at radius 3 is 2.86 bits per heavy atom. The molecule has 2 atom stereocenters. The topological polar surface area (TPSA) is 68.0 Å². The highest BCUT2D eigenvalue weighted by molar-refractivity contribution is 7.16. The smallest absolute Gasteiger partial charge is 0.237 e. The summed E-state index contributed by atoms with van der Waals surface area (Å²) in [6, 6.07) is 3.79. The maximum absolute atomic E-state index is 11.9. The molecule has 0 aliphatic heterocycles. The van der Waals surface area contributed by atoms with Gasteiger partial charge in [0.2, 0.25) is 5.91 Å². The van der Waals surface area contributed by atoms with Gasteiger partial charge in [0, 0.05) is 16.8 Å². The van der Waals surface area contributed by atoms with E-state index in [9.17, 15) is 4.79 Å². The number of hydrogen-bond donors (Lipinski definition) is 2. The van der Waals surface area contributed by atoms with Gasteiger partial charge in [-0.15, -0.1) is 22.7 Å². The van der Waals surface area contributed by atoms with Crippen LogP contribution in [0.1, 0.15) is 30.2 Å². The Balaban J connectivity index is 1.83. The van der Waals surface area contributed by atoms with E-state index >= 15 is 0 Å². The van der Waals surface area contributed by atoms with Crippen LogP contribution in [0.25, 0.3) is 10.6 Å². The SMILES string of the molecule is CCC(C)C(N)C(=O)NCCc1ccc(-c2csc(C)n2)s1. The van der Waals surface area contributed by atoms with Crippen molar-refractivity contribution >= 4 is 28.6 Å². The van der Waals surface area contributed by atoms with Gasteiger partial charge in [-0.05, 0) is 31.4 Å². The number of nitrogens with two attached hydrogens (primary N) is 1. The number of aromatic nitrogens is 1. The van der Waals surface area contributed by atoms with Crippen molar-refractivity contribution in [2.24, 2.45) is 11.7 Å². The monoisotopic (exact) mass is 337 g/mol. The van der Waals surface area contributed by atoms with Crippen LogP contribution in [0.4, 0.5) is 0 Å². The molecule has 1 amide bonds. The first-order chi connectivity index (χ1) is 10.5. The van der Waals surface area contributed by atoms with Gasteiger partial charge in [-0.1, -0.05) is 20.3 Å². The van der Waals surface area contributed by atoms with Crippen LogP contribution in [-0.2, 0) is 11.2 Å². The van der Waals surface area contributed by atoms with Crippen molar-refractivity contribution < 1.29 is 4.79 Å². The normalized spacial score (nSPS) is 13.8. The number of nitrogens with zero attached hydrogens (tertiary/aromatic N) is 1. The second-order valence-corrected chi connectivity index (χ2v) is 7.70. The van der Waals surface area contributed by atoms with Crippen LogP contribution in [-0.4, -0.2) is 23.5 Å². The van der Waals surface area contributed by atoms with Crippen LogP contribution in [0.15, 0.2) is 17.5 Å². The number of hydrogen-bond acceptors (Lipinski definition) is 5.